The van der Waals surface area contributed by atoms with Gasteiger partial charge < -0.3 is 5.11 Å². The van der Waals surface area contributed by atoms with Gasteiger partial charge in [-0.25, -0.2) is 0 Å². The first kappa shape index (κ1) is 15.2. The van der Waals surface area contributed by atoms with Crippen LogP contribution in [0.5, 0.6) is 0 Å². The molecule has 0 rings (SSSR count). The van der Waals surface area contributed by atoms with Crippen molar-refractivity contribution in [1.29, 1.82) is 0 Å². The summed E-state index contributed by atoms with van der Waals surface area (Å²) in [5, 5.41) is 9.05. The van der Waals surface area contributed by atoms with Crippen LogP contribution < -0.4 is 0 Å². The fourth-order valence-electron chi connectivity index (χ4n) is 1.36. The molecule has 0 aliphatic heterocycles. The van der Waals surface area contributed by atoms with Crippen LogP contribution in [0.15, 0.2) is 36.5 Å². The molecule has 0 radical (unpaired) electrons. The highest BCUT2D eigenvalue weighted by Gasteiger charge is 1.90. The van der Waals surface area contributed by atoms with Crippen LogP contribution in [0.25, 0.3) is 0 Å². The maximum Gasteiger partial charge on any atom is 0.0515 e. The second-order valence-corrected chi connectivity index (χ2v) is 4.09. The van der Waals surface area contributed by atoms with Crippen LogP contribution in [0.4, 0.5) is 0 Å². The zero-order valence-electron chi connectivity index (χ0n) is 10.7. The van der Waals surface area contributed by atoms with Gasteiger partial charge in [0.15, 0.2) is 0 Å². The maximum atomic E-state index is 9.05. The first-order chi connectivity index (χ1) is 7.77. The molecule has 0 fully saturated rings. The number of hydrogen-bond acceptors (Lipinski definition) is 1. The summed E-state index contributed by atoms with van der Waals surface area (Å²) in [6, 6.07) is 0. The monoisotopic (exact) mass is 222 g/mol. The van der Waals surface area contributed by atoms with Crippen molar-refractivity contribution >= 4 is 0 Å². The van der Waals surface area contributed by atoms with Crippen molar-refractivity contribution in [3.63, 3.8) is 0 Å². The minimum atomic E-state index is -0.170. The smallest absolute Gasteiger partial charge is 0.0515 e. The number of rotatable bonds is 9. The molecule has 0 saturated heterocycles. The molecule has 0 bridgehead atoms. The third kappa shape index (κ3) is 13.2. The quantitative estimate of drug-likeness (QED) is 0.453. The fraction of sp³-hybridized carbons (Fsp3) is 0.600. The molecule has 1 heteroatoms. The van der Waals surface area contributed by atoms with Gasteiger partial charge in [0.05, 0.1) is 6.10 Å². The van der Waals surface area contributed by atoms with Crippen LogP contribution >= 0.6 is 0 Å². The standard InChI is InChI=1S/C15H26O/c1-3-4-5-6-7-8-9-10-11-12-13-14-15(2)16/h3-4,7-8,11-12,15-16H,5-6,9-10,13-14H2,1-2H3/b4-3+,8-7+,12-11+. The van der Waals surface area contributed by atoms with E-state index in [1.807, 2.05) is 6.92 Å². The fourth-order valence-corrected chi connectivity index (χ4v) is 1.36. The Balaban J connectivity index is 3.25. The van der Waals surface area contributed by atoms with E-state index in [4.69, 9.17) is 5.11 Å². The van der Waals surface area contributed by atoms with Gasteiger partial charge in [-0.15, -0.1) is 0 Å². The Bertz CT molecular complexity index is 211. The Labute approximate surface area is 101 Å². The summed E-state index contributed by atoms with van der Waals surface area (Å²) >= 11 is 0. The van der Waals surface area contributed by atoms with Crippen molar-refractivity contribution in [2.45, 2.75) is 58.5 Å². The molecule has 0 spiro atoms. The van der Waals surface area contributed by atoms with Crippen LogP contribution in [-0.2, 0) is 0 Å². The molecule has 1 atom stereocenters. The van der Waals surface area contributed by atoms with Crippen LogP contribution in [-0.4, -0.2) is 11.2 Å². The summed E-state index contributed by atoms with van der Waals surface area (Å²) < 4.78 is 0. The Morgan fingerprint density at radius 3 is 1.69 bits per heavy atom. The lowest BCUT2D eigenvalue weighted by molar-refractivity contribution is 0.186. The van der Waals surface area contributed by atoms with Crippen molar-refractivity contribution in [3.8, 4) is 0 Å². The number of aliphatic hydroxyl groups is 1. The van der Waals surface area contributed by atoms with E-state index in [1.54, 1.807) is 0 Å². The molecule has 0 aliphatic carbocycles. The molecule has 0 amide bonds. The van der Waals surface area contributed by atoms with Gasteiger partial charge in [0, 0.05) is 0 Å². The minimum Gasteiger partial charge on any atom is -0.393 e. The van der Waals surface area contributed by atoms with Crippen LogP contribution in [0.2, 0.25) is 0 Å². The van der Waals surface area contributed by atoms with Crippen LogP contribution in [0.3, 0.4) is 0 Å². The predicted octanol–water partition coefficient (Wildman–Crippen LogP) is 4.40. The van der Waals surface area contributed by atoms with Crippen LogP contribution in [0, 0.1) is 0 Å². The van der Waals surface area contributed by atoms with Gasteiger partial charge in [0.1, 0.15) is 0 Å². The van der Waals surface area contributed by atoms with Crippen molar-refractivity contribution < 1.29 is 5.11 Å². The van der Waals surface area contributed by atoms with Crippen molar-refractivity contribution in [2.24, 2.45) is 0 Å². The normalized spacial score (nSPS) is 14.4. The highest BCUT2D eigenvalue weighted by Crippen LogP contribution is 2.00. The van der Waals surface area contributed by atoms with E-state index in [0.29, 0.717) is 0 Å². The van der Waals surface area contributed by atoms with Gasteiger partial charge in [0.25, 0.3) is 0 Å². The number of unbranched alkanes of at least 4 members (excludes halogenated alkanes) is 2. The van der Waals surface area contributed by atoms with Gasteiger partial charge in [-0.1, -0.05) is 36.5 Å². The van der Waals surface area contributed by atoms with Crippen LogP contribution in [0.1, 0.15) is 52.4 Å². The molecule has 0 aliphatic rings. The van der Waals surface area contributed by atoms with E-state index >= 15 is 0 Å². The van der Waals surface area contributed by atoms with Crippen molar-refractivity contribution in [1.82, 2.24) is 0 Å². The molecule has 1 unspecified atom stereocenters. The number of aliphatic hydroxyl groups excluding tert-OH is 1. The maximum absolute atomic E-state index is 9.05. The van der Waals surface area contributed by atoms with Crippen molar-refractivity contribution in [3.05, 3.63) is 36.5 Å². The second-order valence-electron chi connectivity index (χ2n) is 4.09. The van der Waals surface area contributed by atoms with Gasteiger partial charge >= 0.3 is 0 Å². The highest BCUT2D eigenvalue weighted by molar-refractivity contribution is 4.90. The highest BCUT2D eigenvalue weighted by atomic mass is 16.3. The van der Waals surface area contributed by atoms with Crippen molar-refractivity contribution in [2.75, 3.05) is 0 Å². The first-order valence-electron chi connectivity index (χ1n) is 6.36. The number of allylic oxidation sites excluding steroid dienone is 6. The number of hydrogen-bond donors (Lipinski definition) is 1. The lowest BCUT2D eigenvalue weighted by Gasteiger charge is -1.98. The molecule has 0 saturated carbocycles. The molecule has 0 heterocycles. The summed E-state index contributed by atoms with van der Waals surface area (Å²) in [6.45, 7) is 3.89. The average molecular weight is 222 g/mol. The topological polar surface area (TPSA) is 20.2 Å². The van der Waals surface area contributed by atoms with E-state index in [9.17, 15) is 0 Å². The van der Waals surface area contributed by atoms with Gasteiger partial charge in [-0.3, -0.25) is 0 Å². The van der Waals surface area contributed by atoms with E-state index < -0.39 is 0 Å². The molecule has 0 aromatic rings. The van der Waals surface area contributed by atoms with E-state index in [2.05, 4.69) is 43.4 Å². The van der Waals surface area contributed by atoms with Gasteiger partial charge in [0.2, 0.25) is 0 Å². The Hall–Kier alpha value is -0.820. The largest absolute Gasteiger partial charge is 0.393 e. The first-order valence-corrected chi connectivity index (χ1v) is 6.36. The average Bonchev–Trinajstić information content (AvgIpc) is 2.25. The molecular weight excluding hydrogens is 196 g/mol. The van der Waals surface area contributed by atoms with E-state index in [-0.39, 0.29) is 6.10 Å². The van der Waals surface area contributed by atoms with E-state index in [1.165, 1.54) is 0 Å². The summed E-state index contributed by atoms with van der Waals surface area (Å²) in [6.07, 6.45) is 19.4. The third-order valence-corrected chi connectivity index (χ3v) is 2.32. The Morgan fingerprint density at radius 1 is 0.812 bits per heavy atom. The Morgan fingerprint density at radius 2 is 1.25 bits per heavy atom. The molecule has 0 aromatic heterocycles. The van der Waals surface area contributed by atoms with Gasteiger partial charge in [-0.05, 0) is 52.4 Å². The third-order valence-electron chi connectivity index (χ3n) is 2.32. The predicted molar refractivity (Wildman–Crippen MR) is 72.5 cm³/mol. The minimum absolute atomic E-state index is 0.170. The summed E-state index contributed by atoms with van der Waals surface area (Å²) in [7, 11) is 0. The molecule has 0 aromatic carbocycles. The molecule has 92 valence electrons. The summed E-state index contributed by atoms with van der Waals surface area (Å²) in [4.78, 5) is 0. The molecule has 16 heavy (non-hydrogen) atoms. The lowest BCUT2D eigenvalue weighted by atomic mass is 10.2. The van der Waals surface area contributed by atoms with E-state index in [0.717, 1.165) is 38.5 Å². The molecular formula is C15H26O. The zero-order valence-corrected chi connectivity index (χ0v) is 10.7. The molecule has 1 nitrogen and oxygen atoms in total. The Kier molecular flexibility index (Phi) is 11.6. The molecule has 1 N–H and O–H groups in total. The second kappa shape index (κ2) is 12.3. The summed E-state index contributed by atoms with van der Waals surface area (Å²) in [5.74, 6) is 0. The SMILES string of the molecule is C/C=C/CC/C=C/CC/C=C/CCC(C)O. The van der Waals surface area contributed by atoms with Gasteiger partial charge in [-0.2, -0.15) is 0 Å². The lowest BCUT2D eigenvalue weighted by Crippen LogP contribution is -1.96. The zero-order chi connectivity index (χ0) is 12.1. The summed E-state index contributed by atoms with van der Waals surface area (Å²) in [5.41, 5.74) is 0.